The first-order valence-corrected chi connectivity index (χ1v) is 16.7. The van der Waals surface area contributed by atoms with Gasteiger partial charge in [-0.1, -0.05) is 36.4 Å². The fourth-order valence-electron chi connectivity index (χ4n) is 6.73. The smallest absolute Gasteiger partial charge is 0.272 e. The second-order valence-corrected chi connectivity index (χ2v) is 13.3. The SMILES string of the molecule is Cc1cc(C(=O)N[C@H]2CC[C@H](NC(=O)c3cc(F)cnc3Oc3cccc(-c4ccc(CN5C[C@@H](C)N[C@@H](C)C5)cc4)c3)CC2)nn1C. The first-order chi connectivity index (χ1) is 23.1. The molecular formula is C37H44FN7O3. The van der Waals surface area contributed by atoms with Gasteiger partial charge in [-0.3, -0.25) is 19.2 Å². The molecule has 2 fully saturated rings. The third-order valence-corrected chi connectivity index (χ3v) is 9.18. The summed E-state index contributed by atoms with van der Waals surface area (Å²) in [6.07, 6.45) is 3.80. The van der Waals surface area contributed by atoms with Gasteiger partial charge in [0.25, 0.3) is 11.8 Å². The molecule has 0 radical (unpaired) electrons. The minimum absolute atomic E-state index is 0.00831. The highest BCUT2D eigenvalue weighted by molar-refractivity contribution is 5.96. The highest BCUT2D eigenvalue weighted by Crippen LogP contribution is 2.29. The molecule has 3 N–H and O–H groups in total. The second kappa shape index (κ2) is 14.7. The van der Waals surface area contributed by atoms with Crippen LogP contribution in [0.2, 0.25) is 0 Å². The lowest BCUT2D eigenvalue weighted by Gasteiger charge is -2.36. The summed E-state index contributed by atoms with van der Waals surface area (Å²) in [6, 6.07) is 19.8. The van der Waals surface area contributed by atoms with Crippen LogP contribution in [0.25, 0.3) is 11.1 Å². The number of hydrogen-bond donors (Lipinski definition) is 3. The van der Waals surface area contributed by atoms with Crippen molar-refractivity contribution in [1.82, 2.24) is 35.6 Å². The van der Waals surface area contributed by atoms with Crippen LogP contribution in [-0.2, 0) is 13.6 Å². The molecule has 252 valence electrons. The minimum Gasteiger partial charge on any atom is -0.438 e. The van der Waals surface area contributed by atoms with E-state index in [-0.39, 0.29) is 29.4 Å². The zero-order chi connectivity index (χ0) is 33.8. The van der Waals surface area contributed by atoms with Gasteiger partial charge in [0.15, 0.2) is 0 Å². The molecule has 1 aliphatic carbocycles. The Hall–Kier alpha value is -4.61. The van der Waals surface area contributed by atoms with Gasteiger partial charge in [-0.05, 0) is 87.4 Å². The Morgan fingerprint density at radius 2 is 1.58 bits per heavy atom. The molecule has 2 aromatic heterocycles. The van der Waals surface area contributed by atoms with Crippen LogP contribution in [0.15, 0.2) is 66.9 Å². The van der Waals surface area contributed by atoms with Crippen molar-refractivity contribution in [2.75, 3.05) is 13.1 Å². The average Bonchev–Trinajstić information content (AvgIpc) is 3.40. The van der Waals surface area contributed by atoms with Crippen LogP contribution >= 0.6 is 0 Å². The summed E-state index contributed by atoms with van der Waals surface area (Å²) in [5.74, 6) is -0.744. The summed E-state index contributed by atoms with van der Waals surface area (Å²) in [4.78, 5) is 32.6. The van der Waals surface area contributed by atoms with Crippen molar-refractivity contribution in [3.05, 3.63) is 95.2 Å². The largest absolute Gasteiger partial charge is 0.438 e. The first-order valence-electron chi connectivity index (χ1n) is 16.7. The van der Waals surface area contributed by atoms with E-state index in [4.69, 9.17) is 4.74 Å². The number of carbonyl (C=O) groups excluding carboxylic acids is 2. The monoisotopic (exact) mass is 653 g/mol. The predicted octanol–water partition coefficient (Wildman–Crippen LogP) is 5.38. The van der Waals surface area contributed by atoms with E-state index in [2.05, 4.69) is 69.0 Å². The lowest BCUT2D eigenvalue weighted by Crippen LogP contribution is -2.53. The number of amides is 2. The van der Waals surface area contributed by atoms with Crippen LogP contribution < -0.4 is 20.7 Å². The molecule has 1 saturated heterocycles. The van der Waals surface area contributed by atoms with Gasteiger partial charge in [-0.15, -0.1) is 0 Å². The number of rotatable bonds is 9. The molecule has 0 unspecified atom stereocenters. The van der Waals surface area contributed by atoms with E-state index in [1.54, 1.807) is 23.9 Å². The zero-order valence-corrected chi connectivity index (χ0v) is 28.0. The molecule has 2 aromatic carbocycles. The molecule has 10 nitrogen and oxygen atoms in total. The number of aromatic nitrogens is 3. The number of pyridine rings is 1. The van der Waals surface area contributed by atoms with Gasteiger partial charge in [0.05, 0.1) is 6.20 Å². The molecule has 2 amide bonds. The van der Waals surface area contributed by atoms with Crippen LogP contribution in [0, 0.1) is 12.7 Å². The van der Waals surface area contributed by atoms with Crippen LogP contribution in [0.5, 0.6) is 11.6 Å². The van der Waals surface area contributed by atoms with Gasteiger partial charge < -0.3 is 20.7 Å². The maximum absolute atomic E-state index is 14.3. The second-order valence-electron chi connectivity index (χ2n) is 13.3. The topological polar surface area (TPSA) is 113 Å². The molecule has 4 aromatic rings. The van der Waals surface area contributed by atoms with Crippen LogP contribution in [0.1, 0.15) is 71.6 Å². The Morgan fingerprint density at radius 1 is 0.917 bits per heavy atom. The number of aryl methyl sites for hydroxylation is 2. The molecular weight excluding hydrogens is 609 g/mol. The fraction of sp³-hybridized carbons (Fsp3) is 0.405. The predicted molar refractivity (Wildman–Crippen MR) is 182 cm³/mol. The minimum atomic E-state index is -0.623. The standard InChI is InChI=1S/C37H44FN7O3/c1-23-20-45(21-24(2)40-23)22-26-8-10-27(11-9-26)28-6-5-7-32(17-28)48-37-33(18-29(38)19-39-37)35(46)41-30-12-14-31(15-13-30)42-36(47)34-16-25(3)44(4)43-34/h5-11,16-19,23-24,30-31,40H,12-15,20-22H2,1-4H3,(H,41,46)(H,42,47)/t23-,24+,30-,31-. The molecule has 0 spiro atoms. The van der Waals surface area contributed by atoms with Gasteiger partial charge in [0.1, 0.15) is 22.8 Å². The molecule has 1 aliphatic heterocycles. The van der Waals surface area contributed by atoms with E-state index in [0.29, 0.717) is 49.2 Å². The van der Waals surface area contributed by atoms with Crippen molar-refractivity contribution in [1.29, 1.82) is 0 Å². The van der Waals surface area contributed by atoms with Crippen molar-refractivity contribution in [2.45, 2.75) is 77.2 Å². The summed E-state index contributed by atoms with van der Waals surface area (Å²) in [7, 11) is 1.80. The number of nitrogens with one attached hydrogen (secondary N) is 3. The number of piperazine rings is 1. The Kier molecular flexibility index (Phi) is 10.2. The van der Waals surface area contributed by atoms with Gasteiger partial charge in [0.2, 0.25) is 5.88 Å². The van der Waals surface area contributed by atoms with Crippen LogP contribution in [0.3, 0.4) is 0 Å². The number of benzene rings is 2. The summed E-state index contributed by atoms with van der Waals surface area (Å²) in [5, 5.41) is 13.9. The summed E-state index contributed by atoms with van der Waals surface area (Å²) < 4.78 is 22.1. The maximum Gasteiger partial charge on any atom is 0.272 e. The van der Waals surface area contributed by atoms with Crippen LogP contribution in [0.4, 0.5) is 4.39 Å². The maximum atomic E-state index is 14.3. The van der Waals surface area contributed by atoms with E-state index >= 15 is 0 Å². The van der Waals surface area contributed by atoms with Crippen molar-refractivity contribution in [2.24, 2.45) is 7.05 Å². The van der Waals surface area contributed by atoms with Crippen molar-refractivity contribution in [3.8, 4) is 22.8 Å². The van der Waals surface area contributed by atoms with Gasteiger partial charge in [-0.2, -0.15) is 5.10 Å². The normalized spacial score (nSPS) is 21.4. The molecule has 6 rings (SSSR count). The van der Waals surface area contributed by atoms with Gasteiger partial charge >= 0.3 is 0 Å². The lowest BCUT2D eigenvalue weighted by molar-refractivity contribution is 0.0887. The molecule has 11 heteroatoms. The molecule has 48 heavy (non-hydrogen) atoms. The third kappa shape index (κ3) is 8.26. The summed E-state index contributed by atoms with van der Waals surface area (Å²) in [5.41, 5.74) is 4.59. The van der Waals surface area contributed by atoms with Crippen molar-refractivity contribution < 1.29 is 18.7 Å². The molecule has 3 heterocycles. The highest BCUT2D eigenvalue weighted by atomic mass is 19.1. The molecule has 0 bridgehead atoms. The Balaban J connectivity index is 1.06. The summed E-state index contributed by atoms with van der Waals surface area (Å²) >= 11 is 0. The number of carbonyl (C=O) groups is 2. The number of halogens is 1. The van der Waals surface area contributed by atoms with Crippen molar-refractivity contribution >= 4 is 11.8 Å². The Bertz CT molecular complexity index is 1720. The fourth-order valence-corrected chi connectivity index (χ4v) is 6.73. The van der Waals surface area contributed by atoms with E-state index < -0.39 is 11.7 Å². The van der Waals surface area contributed by atoms with E-state index in [9.17, 15) is 14.0 Å². The highest BCUT2D eigenvalue weighted by Gasteiger charge is 2.27. The van der Waals surface area contributed by atoms with E-state index in [0.717, 1.165) is 48.7 Å². The Labute approximate surface area is 281 Å². The average molecular weight is 654 g/mol. The van der Waals surface area contributed by atoms with E-state index in [1.165, 1.54) is 5.56 Å². The van der Waals surface area contributed by atoms with Crippen molar-refractivity contribution in [3.63, 3.8) is 0 Å². The number of nitrogens with zero attached hydrogens (tertiary/aromatic N) is 4. The molecule has 2 atom stereocenters. The number of hydrogen-bond acceptors (Lipinski definition) is 7. The quantitative estimate of drug-likeness (QED) is 0.223. The molecule has 2 aliphatic rings. The van der Waals surface area contributed by atoms with Crippen LogP contribution in [-0.4, -0.2) is 68.7 Å². The summed E-state index contributed by atoms with van der Waals surface area (Å²) in [6.45, 7) is 9.30. The third-order valence-electron chi connectivity index (χ3n) is 9.18. The van der Waals surface area contributed by atoms with E-state index in [1.807, 2.05) is 25.1 Å². The Morgan fingerprint density at radius 3 is 2.23 bits per heavy atom. The zero-order valence-electron chi connectivity index (χ0n) is 28.0. The first kappa shape index (κ1) is 33.3. The molecule has 1 saturated carbocycles. The van der Waals surface area contributed by atoms with Gasteiger partial charge in [0, 0.05) is 56.5 Å². The van der Waals surface area contributed by atoms with Gasteiger partial charge in [-0.25, -0.2) is 9.37 Å². The lowest BCUT2D eigenvalue weighted by atomic mass is 9.91. The number of ether oxygens (including phenoxy) is 1.